The zero-order valence-corrected chi connectivity index (χ0v) is 11.6. The molecule has 2 bridgehead atoms. The lowest BCUT2D eigenvalue weighted by Gasteiger charge is -2.56. The molecule has 0 aromatic carbocycles. The quantitative estimate of drug-likeness (QED) is 0.569. The molecule has 4 atom stereocenters. The third-order valence-electron chi connectivity index (χ3n) is 5.88. The Morgan fingerprint density at radius 1 is 1.45 bits per heavy atom. The number of piperidine rings is 1. The Bertz CT molecular complexity index is 510. The minimum atomic E-state index is -0.296. The lowest BCUT2D eigenvalue weighted by atomic mass is 9.51. The van der Waals surface area contributed by atoms with Gasteiger partial charge in [-0.25, -0.2) is 4.89 Å². The standard InChI is InChI=1S/C16H21NO3/c18-15-6-2-4-12-13-9-10-11(3-1-5-14(10)20-19)16(12,15)7-8-17-13/h1,3,12-14,17,19H,2,4-9H2/t12-,13+,14?,16+/m0/s1. The summed E-state index contributed by atoms with van der Waals surface area (Å²) in [7, 11) is 0. The summed E-state index contributed by atoms with van der Waals surface area (Å²) in [4.78, 5) is 17.5. The normalized spacial score (nSPS) is 43.2. The molecule has 1 aliphatic heterocycles. The summed E-state index contributed by atoms with van der Waals surface area (Å²) in [5.41, 5.74) is 2.03. The first-order valence-corrected chi connectivity index (χ1v) is 7.74. The van der Waals surface area contributed by atoms with Crippen LogP contribution >= 0.6 is 0 Å². The maximum absolute atomic E-state index is 12.8. The molecule has 20 heavy (non-hydrogen) atoms. The van der Waals surface area contributed by atoms with E-state index < -0.39 is 0 Å². The first kappa shape index (κ1) is 12.7. The first-order valence-electron chi connectivity index (χ1n) is 7.74. The van der Waals surface area contributed by atoms with Gasteiger partial charge in [0.25, 0.3) is 0 Å². The van der Waals surface area contributed by atoms with Gasteiger partial charge >= 0.3 is 0 Å². The lowest BCUT2D eigenvalue weighted by molar-refractivity contribution is -0.269. The molecule has 0 aromatic rings. The fourth-order valence-corrected chi connectivity index (χ4v) is 5.08. The maximum Gasteiger partial charge on any atom is 0.143 e. The van der Waals surface area contributed by atoms with Crippen LogP contribution in [0.4, 0.5) is 0 Å². The van der Waals surface area contributed by atoms with Crippen LogP contribution in [0.3, 0.4) is 0 Å². The summed E-state index contributed by atoms with van der Waals surface area (Å²) in [6, 6.07) is 0.371. The van der Waals surface area contributed by atoms with Crippen molar-refractivity contribution >= 4 is 5.78 Å². The third-order valence-corrected chi connectivity index (χ3v) is 5.88. The second-order valence-corrected chi connectivity index (χ2v) is 6.58. The van der Waals surface area contributed by atoms with Gasteiger partial charge in [0.2, 0.25) is 0 Å². The summed E-state index contributed by atoms with van der Waals surface area (Å²) in [6.07, 6.45) is 9.31. The van der Waals surface area contributed by atoms with Crippen molar-refractivity contribution in [2.24, 2.45) is 11.3 Å². The van der Waals surface area contributed by atoms with Crippen LogP contribution in [0.2, 0.25) is 0 Å². The van der Waals surface area contributed by atoms with Gasteiger partial charge in [-0.05, 0) is 55.7 Å². The topological polar surface area (TPSA) is 58.6 Å². The Morgan fingerprint density at radius 3 is 3.20 bits per heavy atom. The molecule has 2 fully saturated rings. The van der Waals surface area contributed by atoms with E-state index in [0.29, 0.717) is 30.6 Å². The highest BCUT2D eigenvalue weighted by Gasteiger charge is 2.57. The number of allylic oxidation sites excluding steroid dienone is 2. The minimum absolute atomic E-state index is 0.259. The Labute approximate surface area is 118 Å². The average Bonchev–Trinajstić information content (AvgIpc) is 2.47. The first-order chi connectivity index (χ1) is 9.77. The van der Waals surface area contributed by atoms with Crippen LogP contribution in [0.5, 0.6) is 0 Å². The molecule has 3 aliphatic carbocycles. The van der Waals surface area contributed by atoms with Crippen LogP contribution in [0, 0.1) is 11.3 Å². The molecular weight excluding hydrogens is 254 g/mol. The molecule has 4 aliphatic rings. The molecule has 0 spiro atoms. The van der Waals surface area contributed by atoms with Crippen molar-refractivity contribution in [3.05, 3.63) is 23.3 Å². The monoisotopic (exact) mass is 275 g/mol. The number of hydrogen-bond acceptors (Lipinski definition) is 4. The summed E-state index contributed by atoms with van der Waals surface area (Å²) in [6.45, 7) is 0.919. The Morgan fingerprint density at radius 2 is 2.35 bits per heavy atom. The lowest BCUT2D eigenvalue weighted by Crippen LogP contribution is -2.61. The largest absolute Gasteiger partial charge is 0.313 e. The number of rotatable bonds is 1. The van der Waals surface area contributed by atoms with Gasteiger partial charge in [-0.15, -0.1) is 0 Å². The van der Waals surface area contributed by atoms with Crippen molar-refractivity contribution in [2.45, 2.75) is 50.7 Å². The minimum Gasteiger partial charge on any atom is -0.313 e. The molecule has 2 N–H and O–H groups in total. The zero-order valence-electron chi connectivity index (χ0n) is 11.6. The molecule has 0 amide bonds. The Balaban J connectivity index is 1.89. The van der Waals surface area contributed by atoms with Gasteiger partial charge < -0.3 is 5.32 Å². The predicted octanol–water partition coefficient (Wildman–Crippen LogP) is 2.22. The molecule has 1 unspecified atom stereocenters. The Kier molecular flexibility index (Phi) is 2.88. The van der Waals surface area contributed by atoms with E-state index in [1.807, 2.05) is 0 Å². The molecule has 108 valence electrons. The van der Waals surface area contributed by atoms with Crippen LogP contribution in [0.25, 0.3) is 0 Å². The van der Waals surface area contributed by atoms with Gasteiger partial charge in [-0.3, -0.25) is 10.1 Å². The number of hydrogen-bond donors (Lipinski definition) is 2. The number of nitrogens with one attached hydrogen (secondary N) is 1. The fraction of sp³-hybridized carbons (Fsp3) is 0.688. The van der Waals surface area contributed by atoms with Crippen molar-refractivity contribution in [1.82, 2.24) is 5.32 Å². The summed E-state index contributed by atoms with van der Waals surface area (Å²) in [5, 5.41) is 12.8. The smallest absolute Gasteiger partial charge is 0.143 e. The van der Waals surface area contributed by atoms with E-state index in [-0.39, 0.29) is 11.5 Å². The van der Waals surface area contributed by atoms with Gasteiger partial charge in [0.15, 0.2) is 0 Å². The van der Waals surface area contributed by atoms with Crippen LogP contribution in [0.1, 0.15) is 38.5 Å². The highest BCUT2D eigenvalue weighted by atomic mass is 17.1. The summed E-state index contributed by atoms with van der Waals surface area (Å²) in [5.74, 6) is 0.842. The second-order valence-electron chi connectivity index (χ2n) is 6.58. The van der Waals surface area contributed by atoms with Crippen LogP contribution in [0.15, 0.2) is 23.3 Å². The third kappa shape index (κ3) is 1.50. The van der Waals surface area contributed by atoms with Crippen molar-refractivity contribution < 1.29 is 14.9 Å². The molecule has 1 saturated heterocycles. The van der Waals surface area contributed by atoms with Crippen molar-refractivity contribution in [1.29, 1.82) is 0 Å². The van der Waals surface area contributed by atoms with Crippen LogP contribution < -0.4 is 5.32 Å². The highest BCUT2D eigenvalue weighted by molar-refractivity contribution is 5.91. The molecule has 1 heterocycles. The van der Waals surface area contributed by atoms with E-state index in [9.17, 15) is 10.1 Å². The van der Waals surface area contributed by atoms with E-state index in [1.165, 1.54) is 5.57 Å². The van der Waals surface area contributed by atoms with Crippen molar-refractivity contribution in [3.63, 3.8) is 0 Å². The van der Waals surface area contributed by atoms with Crippen LogP contribution in [-0.2, 0) is 9.68 Å². The van der Waals surface area contributed by atoms with Crippen molar-refractivity contribution in [2.75, 3.05) is 6.54 Å². The predicted molar refractivity (Wildman–Crippen MR) is 74.1 cm³/mol. The number of ketones is 1. The number of carbonyl (C=O) groups excluding carboxylic acids is 1. The SMILES string of the molecule is O=C1CCC[C@H]2[C@H]3CC4=C(C=CCC4OO)[C@@]12CCN3. The van der Waals surface area contributed by atoms with E-state index in [1.54, 1.807) is 0 Å². The van der Waals surface area contributed by atoms with E-state index in [2.05, 4.69) is 22.4 Å². The molecule has 4 nitrogen and oxygen atoms in total. The molecule has 4 rings (SSSR count). The molecule has 4 heteroatoms. The number of Topliss-reactive ketones (excluding diaryl/α,β-unsaturated/α-hetero) is 1. The van der Waals surface area contributed by atoms with Gasteiger partial charge in [0.1, 0.15) is 11.9 Å². The van der Waals surface area contributed by atoms with Crippen LogP contribution in [-0.4, -0.2) is 29.7 Å². The van der Waals surface area contributed by atoms with Gasteiger partial charge in [-0.2, -0.15) is 0 Å². The second kappa shape index (κ2) is 4.52. The van der Waals surface area contributed by atoms with E-state index in [4.69, 9.17) is 0 Å². The zero-order chi connectivity index (χ0) is 13.7. The summed E-state index contributed by atoms with van der Waals surface area (Å²) < 4.78 is 0. The maximum atomic E-state index is 12.8. The van der Waals surface area contributed by atoms with Gasteiger partial charge in [-0.1, -0.05) is 12.2 Å². The van der Waals surface area contributed by atoms with E-state index in [0.717, 1.165) is 37.8 Å². The highest BCUT2D eigenvalue weighted by Crippen LogP contribution is 2.57. The number of carbonyl (C=O) groups is 1. The average molecular weight is 275 g/mol. The van der Waals surface area contributed by atoms with Gasteiger partial charge in [0, 0.05) is 12.5 Å². The molecular formula is C16H21NO3. The van der Waals surface area contributed by atoms with E-state index >= 15 is 0 Å². The summed E-state index contributed by atoms with van der Waals surface area (Å²) >= 11 is 0. The Hall–Kier alpha value is -0.970. The van der Waals surface area contributed by atoms with Gasteiger partial charge in [0.05, 0.1) is 5.41 Å². The molecule has 1 saturated carbocycles. The fourth-order valence-electron chi connectivity index (χ4n) is 5.08. The van der Waals surface area contributed by atoms with Crippen molar-refractivity contribution in [3.8, 4) is 0 Å². The molecule has 0 radical (unpaired) electrons. The molecule has 0 aromatic heterocycles.